The second-order valence-electron chi connectivity index (χ2n) is 9.26. The molecule has 1 aromatic carbocycles. The summed E-state index contributed by atoms with van der Waals surface area (Å²) in [6.07, 6.45) is 7.64. The van der Waals surface area contributed by atoms with E-state index in [1.807, 2.05) is 0 Å². The van der Waals surface area contributed by atoms with Gasteiger partial charge in [-0.05, 0) is 18.6 Å². The third-order valence-electron chi connectivity index (χ3n) is 5.74. The van der Waals surface area contributed by atoms with E-state index in [9.17, 15) is 8.42 Å². The second kappa shape index (κ2) is 29.9. The molecule has 0 atom stereocenters. The Kier molecular flexibility index (Phi) is 27.6. The van der Waals surface area contributed by atoms with Crippen molar-refractivity contribution in [3.05, 3.63) is 30.3 Å². The van der Waals surface area contributed by atoms with Crippen molar-refractivity contribution in [3.8, 4) is 0 Å². The van der Waals surface area contributed by atoms with Crippen LogP contribution < -0.4 is 0 Å². The van der Waals surface area contributed by atoms with E-state index >= 15 is 0 Å². The molecule has 0 spiro atoms. The number of rotatable bonds is 33. The Morgan fingerprint density at radius 2 is 0.762 bits per heavy atom. The minimum Gasteiger partial charge on any atom is -0.379 e. The molecule has 0 bridgehead atoms. The van der Waals surface area contributed by atoms with Crippen LogP contribution in [0.1, 0.15) is 45.4 Å². The highest BCUT2D eigenvalue weighted by Crippen LogP contribution is 2.10. The van der Waals surface area contributed by atoms with Gasteiger partial charge >= 0.3 is 0 Å². The van der Waals surface area contributed by atoms with Gasteiger partial charge in [-0.1, -0.05) is 57.2 Å². The maximum Gasteiger partial charge on any atom is 0.297 e. The normalized spacial score (nSPS) is 11.8. The Labute approximate surface area is 253 Å². The van der Waals surface area contributed by atoms with Crippen molar-refractivity contribution >= 4 is 10.1 Å². The molecule has 0 aliphatic rings. The quantitative estimate of drug-likeness (QED) is 0.0840. The minimum absolute atomic E-state index is 0.0510. The SMILES string of the molecule is CCCCCCCCOCCOCCOCCOCCOCCOCCOCCOCCOS(=O)(=O)c1ccccc1. The van der Waals surface area contributed by atoms with Gasteiger partial charge in [0.25, 0.3) is 10.1 Å². The van der Waals surface area contributed by atoms with E-state index in [4.69, 9.17) is 42.1 Å². The zero-order valence-corrected chi connectivity index (χ0v) is 26.4. The molecule has 12 heteroatoms. The third-order valence-corrected chi connectivity index (χ3v) is 7.07. The molecule has 0 unspecified atom stereocenters. The van der Waals surface area contributed by atoms with Gasteiger partial charge in [-0.3, -0.25) is 4.18 Å². The van der Waals surface area contributed by atoms with E-state index in [2.05, 4.69) is 6.92 Å². The maximum absolute atomic E-state index is 12.0. The first-order chi connectivity index (χ1) is 20.7. The first kappa shape index (κ1) is 38.8. The molecular weight excluding hydrogens is 568 g/mol. The van der Waals surface area contributed by atoms with Crippen LogP contribution in [0.3, 0.4) is 0 Å². The van der Waals surface area contributed by atoms with Crippen LogP contribution in [-0.4, -0.2) is 121 Å². The Morgan fingerprint density at radius 3 is 1.17 bits per heavy atom. The molecule has 0 amide bonds. The first-order valence-electron chi connectivity index (χ1n) is 15.2. The van der Waals surface area contributed by atoms with Crippen molar-refractivity contribution in [1.29, 1.82) is 0 Å². The Morgan fingerprint density at radius 1 is 0.429 bits per heavy atom. The van der Waals surface area contributed by atoms with E-state index in [0.29, 0.717) is 92.5 Å². The lowest BCUT2D eigenvalue weighted by Gasteiger charge is -2.09. The highest BCUT2D eigenvalue weighted by molar-refractivity contribution is 7.86. The van der Waals surface area contributed by atoms with Crippen molar-refractivity contribution in [2.24, 2.45) is 0 Å². The average Bonchev–Trinajstić information content (AvgIpc) is 3.00. The lowest BCUT2D eigenvalue weighted by molar-refractivity contribution is -0.0236. The van der Waals surface area contributed by atoms with E-state index in [1.165, 1.54) is 44.2 Å². The Bertz CT molecular complexity index is 781. The predicted molar refractivity (Wildman–Crippen MR) is 160 cm³/mol. The summed E-state index contributed by atoms with van der Waals surface area (Å²) in [5.74, 6) is 0. The molecule has 0 saturated carbocycles. The molecule has 0 heterocycles. The standard InChI is InChI=1S/C30H54O11S/c1-2-3-4-5-6-10-13-33-14-15-34-16-17-35-18-19-36-20-21-37-22-23-38-24-25-39-26-27-40-28-29-41-42(31,32)30-11-8-7-9-12-30/h7-9,11-12H,2-6,10,13-29H2,1H3. The van der Waals surface area contributed by atoms with Crippen LogP contribution in [0.25, 0.3) is 0 Å². The van der Waals surface area contributed by atoms with Gasteiger partial charge in [0.1, 0.15) is 0 Å². The summed E-state index contributed by atoms with van der Waals surface area (Å²) in [5.41, 5.74) is 0. The summed E-state index contributed by atoms with van der Waals surface area (Å²) in [6.45, 7) is 10.1. The molecule has 0 N–H and O–H groups in total. The fraction of sp³-hybridized carbons (Fsp3) is 0.800. The monoisotopic (exact) mass is 622 g/mol. The molecule has 1 aromatic rings. The average molecular weight is 623 g/mol. The lowest BCUT2D eigenvalue weighted by Crippen LogP contribution is -2.15. The zero-order valence-electron chi connectivity index (χ0n) is 25.5. The number of hydrogen-bond acceptors (Lipinski definition) is 11. The van der Waals surface area contributed by atoms with Crippen molar-refractivity contribution in [2.75, 3.05) is 112 Å². The van der Waals surface area contributed by atoms with E-state index in [-0.39, 0.29) is 18.1 Å². The minimum atomic E-state index is -3.75. The molecule has 1 rings (SSSR count). The van der Waals surface area contributed by atoms with Crippen molar-refractivity contribution in [3.63, 3.8) is 0 Å². The largest absolute Gasteiger partial charge is 0.379 e. The van der Waals surface area contributed by atoms with Crippen LogP contribution in [0.2, 0.25) is 0 Å². The predicted octanol–water partition coefficient (Wildman–Crippen LogP) is 3.89. The summed E-state index contributed by atoms with van der Waals surface area (Å²) in [5, 5.41) is 0. The van der Waals surface area contributed by atoms with Gasteiger partial charge in [0.15, 0.2) is 0 Å². The lowest BCUT2D eigenvalue weighted by atomic mass is 10.1. The van der Waals surface area contributed by atoms with Gasteiger partial charge in [0.05, 0.1) is 111 Å². The van der Waals surface area contributed by atoms with Crippen molar-refractivity contribution in [1.82, 2.24) is 0 Å². The van der Waals surface area contributed by atoms with E-state index in [0.717, 1.165) is 13.0 Å². The molecule has 0 aliphatic heterocycles. The van der Waals surface area contributed by atoms with Gasteiger partial charge < -0.3 is 37.9 Å². The second-order valence-corrected chi connectivity index (χ2v) is 10.9. The molecule has 0 saturated heterocycles. The van der Waals surface area contributed by atoms with Gasteiger partial charge in [0, 0.05) is 6.61 Å². The summed E-state index contributed by atoms with van der Waals surface area (Å²) in [4.78, 5) is 0.126. The van der Waals surface area contributed by atoms with Gasteiger partial charge in [0.2, 0.25) is 0 Å². The maximum atomic E-state index is 12.0. The third kappa shape index (κ3) is 25.3. The highest BCUT2D eigenvalue weighted by Gasteiger charge is 2.13. The van der Waals surface area contributed by atoms with Crippen LogP contribution in [0, 0.1) is 0 Å². The molecule has 11 nitrogen and oxygen atoms in total. The molecule has 0 radical (unpaired) electrons. The smallest absolute Gasteiger partial charge is 0.297 e. The number of unbranched alkanes of at least 4 members (excludes halogenated alkanes) is 5. The fourth-order valence-corrected chi connectivity index (χ4v) is 4.40. The van der Waals surface area contributed by atoms with E-state index in [1.54, 1.807) is 18.2 Å². The Balaban J connectivity index is 1.68. The summed E-state index contributed by atoms with van der Waals surface area (Å²) >= 11 is 0. The van der Waals surface area contributed by atoms with Crippen LogP contribution in [0.5, 0.6) is 0 Å². The molecule has 0 fully saturated rings. The van der Waals surface area contributed by atoms with E-state index < -0.39 is 10.1 Å². The van der Waals surface area contributed by atoms with Gasteiger partial charge in [-0.2, -0.15) is 8.42 Å². The number of ether oxygens (including phenoxy) is 8. The fourth-order valence-electron chi connectivity index (χ4n) is 3.48. The van der Waals surface area contributed by atoms with Crippen LogP contribution in [0.15, 0.2) is 35.2 Å². The highest BCUT2D eigenvalue weighted by atomic mass is 32.2. The van der Waals surface area contributed by atoms with Gasteiger partial charge in [-0.15, -0.1) is 0 Å². The molecule has 42 heavy (non-hydrogen) atoms. The number of hydrogen-bond donors (Lipinski definition) is 0. The zero-order chi connectivity index (χ0) is 30.2. The first-order valence-corrected chi connectivity index (χ1v) is 16.6. The summed E-state index contributed by atoms with van der Waals surface area (Å²) < 4.78 is 72.5. The van der Waals surface area contributed by atoms with Crippen LogP contribution in [-0.2, 0) is 52.2 Å². The van der Waals surface area contributed by atoms with Crippen LogP contribution >= 0.6 is 0 Å². The van der Waals surface area contributed by atoms with Crippen molar-refractivity contribution in [2.45, 2.75) is 50.3 Å². The number of benzene rings is 1. The van der Waals surface area contributed by atoms with Gasteiger partial charge in [-0.25, -0.2) is 0 Å². The molecular formula is C30H54O11S. The Hall–Kier alpha value is -1.19. The summed E-state index contributed by atoms with van der Waals surface area (Å²) in [7, 11) is -3.75. The topological polar surface area (TPSA) is 117 Å². The molecule has 246 valence electrons. The molecule has 0 aromatic heterocycles. The molecule has 0 aliphatic carbocycles. The van der Waals surface area contributed by atoms with Crippen LogP contribution in [0.4, 0.5) is 0 Å². The summed E-state index contributed by atoms with van der Waals surface area (Å²) in [6, 6.07) is 8.00. The van der Waals surface area contributed by atoms with Crippen molar-refractivity contribution < 1.29 is 50.5 Å².